The number of fused-ring (bicyclic) bond motifs is 3. The molecule has 4 atom stereocenters. The van der Waals surface area contributed by atoms with Crippen molar-refractivity contribution in [3.05, 3.63) is 34.9 Å². The second kappa shape index (κ2) is 7.51. The van der Waals surface area contributed by atoms with Gasteiger partial charge in [0, 0.05) is 43.2 Å². The predicted octanol–water partition coefficient (Wildman–Crippen LogP) is 0.0566. The molecule has 1 aromatic rings. The number of nitrogens with zero attached hydrogens (tertiary/aromatic N) is 1. The van der Waals surface area contributed by atoms with E-state index in [9.17, 15) is 14.4 Å². The molecule has 0 spiro atoms. The molecule has 3 fully saturated rings. The molecule has 154 valence electrons. The summed E-state index contributed by atoms with van der Waals surface area (Å²) in [5, 5.41) is 9.63. The number of ether oxygens (including phenoxy) is 1. The number of carbonyl (C=O) groups excluding carboxylic acids is 3. The maximum atomic E-state index is 12.9. The van der Waals surface area contributed by atoms with Gasteiger partial charge in [0.05, 0.1) is 13.2 Å². The highest BCUT2D eigenvalue weighted by molar-refractivity contribution is 6.05. The van der Waals surface area contributed by atoms with Gasteiger partial charge in [-0.3, -0.25) is 19.7 Å². The smallest absolute Gasteiger partial charge is 0.255 e. The zero-order valence-corrected chi connectivity index (χ0v) is 16.3. The van der Waals surface area contributed by atoms with Crippen molar-refractivity contribution in [2.45, 2.75) is 62.9 Å². The van der Waals surface area contributed by atoms with Crippen molar-refractivity contribution < 1.29 is 19.1 Å². The normalized spacial score (nSPS) is 31.6. The number of morpholine rings is 1. The minimum absolute atomic E-state index is 0.120. The van der Waals surface area contributed by atoms with Gasteiger partial charge in [-0.2, -0.15) is 0 Å². The summed E-state index contributed by atoms with van der Waals surface area (Å²) in [5.41, 5.74) is 2.77. The van der Waals surface area contributed by atoms with Crippen LogP contribution in [0.15, 0.2) is 18.2 Å². The Morgan fingerprint density at radius 3 is 2.69 bits per heavy atom. The highest BCUT2D eigenvalue weighted by atomic mass is 16.5. The molecule has 0 radical (unpaired) electrons. The number of imide groups is 1. The van der Waals surface area contributed by atoms with Gasteiger partial charge >= 0.3 is 0 Å². The lowest BCUT2D eigenvalue weighted by Crippen LogP contribution is -2.57. The van der Waals surface area contributed by atoms with Crippen molar-refractivity contribution in [3.8, 4) is 0 Å². The van der Waals surface area contributed by atoms with Gasteiger partial charge in [0.15, 0.2) is 0 Å². The lowest BCUT2D eigenvalue weighted by atomic mass is 9.92. The SMILES string of the molecule is O=C1CCC(N2Cc3c(CNC4C[C@H]5COC[C@@H](C4)N5)cccc3C2=O)C(=O)N1. The highest BCUT2D eigenvalue weighted by Gasteiger charge is 2.40. The number of amides is 3. The van der Waals surface area contributed by atoms with Gasteiger partial charge < -0.3 is 20.3 Å². The zero-order chi connectivity index (χ0) is 20.0. The Morgan fingerprint density at radius 2 is 1.93 bits per heavy atom. The van der Waals surface area contributed by atoms with Crippen LogP contribution >= 0.6 is 0 Å². The van der Waals surface area contributed by atoms with Crippen LogP contribution in [0.4, 0.5) is 0 Å². The first kappa shape index (κ1) is 18.7. The highest BCUT2D eigenvalue weighted by Crippen LogP contribution is 2.30. The molecule has 29 heavy (non-hydrogen) atoms. The average molecular weight is 398 g/mol. The van der Waals surface area contributed by atoms with Gasteiger partial charge in [-0.1, -0.05) is 12.1 Å². The Labute approximate surface area is 169 Å². The van der Waals surface area contributed by atoms with E-state index >= 15 is 0 Å². The Kier molecular flexibility index (Phi) is 4.85. The van der Waals surface area contributed by atoms with Crippen molar-refractivity contribution in [1.82, 2.24) is 20.9 Å². The molecule has 0 aliphatic carbocycles. The standard InChI is InChI=1S/C21H26N4O4/c26-19-5-4-18(20(27)24-19)25-9-17-12(2-1-3-16(17)21(25)28)8-22-13-6-14-10-29-11-15(7-13)23-14/h1-3,13-15,18,22-23H,4-11H2,(H,24,26,27)/t13?,14-,15+,18?. The fraction of sp³-hybridized carbons (Fsp3) is 0.571. The molecule has 3 N–H and O–H groups in total. The number of hydrogen-bond acceptors (Lipinski definition) is 6. The van der Waals surface area contributed by atoms with Gasteiger partial charge in [-0.05, 0) is 36.5 Å². The van der Waals surface area contributed by atoms with Crippen LogP contribution in [0.1, 0.15) is 47.2 Å². The number of carbonyl (C=O) groups is 3. The Hall–Kier alpha value is -2.29. The van der Waals surface area contributed by atoms with E-state index in [1.807, 2.05) is 12.1 Å². The molecule has 5 rings (SSSR count). The largest absolute Gasteiger partial charge is 0.378 e. The summed E-state index contributed by atoms with van der Waals surface area (Å²) < 4.78 is 5.62. The third-order valence-electron chi connectivity index (χ3n) is 6.51. The molecular weight excluding hydrogens is 372 g/mol. The van der Waals surface area contributed by atoms with Crippen molar-refractivity contribution >= 4 is 17.7 Å². The van der Waals surface area contributed by atoms with Crippen LogP contribution in [-0.2, 0) is 27.4 Å². The molecule has 2 bridgehead atoms. The molecule has 3 saturated heterocycles. The van der Waals surface area contributed by atoms with E-state index in [2.05, 4.69) is 22.0 Å². The van der Waals surface area contributed by atoms with Crippen LogP contribution in [0.2, 0.25) is 0 Å². The van der Waals surface area contributed by atoms with Crippen LogP contribution < -0.4 is 16.0 Å². The lowest BCUT2D eigenvalue weighted by molar-refractivity contribution is -0.136. The number of piperidine rings is 2. The quantitative estimate of drug-likeness (QED) is 0.620. The van der Waals surface area contributed by atoms with E-state index in [-0.39, 0.29) is 24.1 Å². The second-order valence-electron chi connectivity index (χ2n) is 8.49. The Bertz CT molecular complexity index is 845. The number of benzene rings is 1. The third kappa shape index (κ3) is 3.56. The summed E-state index contributed by atoms with van der Waals surface area (Å²) in [4.78, 5) is 38.2. The van der Waals surface area contributed by atoms with E-state index in [4.69, 9.17) is 4.74 Å². The number of hydrogen-bond donors (Lipinski definition) is 3. The summed E-state index contributed by atoms with van der Waals surface area (Å²) in [6, 6.07) is 6.47. The van der Waals surface area contributed by atoms with Crippen LogP contribution in [0.3, 0.4) is 0 Å². The average Bonchev–Trinajstić information content (AvgIpc) is 3.03. The summed E-state index contributed by atoms with van der Waals surface area (Å²) in [5.74, 6) is -0.757. The van der Waals surface area contributed by atoms with Gasteiger partial charge in [0.25, 0.3) is 5.91 Å². The van der Waals surface area contributed by atoms with Crippen LogP contribution in [0, 0.1) is 0 Å². The van der Waals surface area contributed by atoms with Gasteiger partial charge in [0.2, 0.25) is 11.8 Å². The van der Waals surface area contributed by atoms with E-state index in [1.165, 1.54) is 0 Å². The van der Waals surface area contributed by atoms with Crippen molar-refractivity contribution in [3.63, 3.8) is 0 Å². The molecule has 4 aliphatic heterocycles. The number of nitrogens with one attached hydrogen (secondary N) is 3. The summed E-state index contributed by atoms with van der Waals surface area (Å²) in [6.45, 7) is 2.66. The first-order valence-electron chi connectivity index (χ1n) is 10.4. The van der Waals surface area contributed by atoms with E-state index in [0.29, 0.717) is 43.2 Å². The summed E-state index contributed by atoms with van der Waals surface area (Å²) in [6.07, 6.45) is 2.73. The van der Waals surface area contributed by atoms with Crippen LogP contribution in [0.5, 0.6) is 0 Å². The maximum absolute atomic E-state index is 12.9. The molecular formula is C21H26N4O4. The van der Waals surface area contributed by atoms with Crippen LogP contribution in [0.25, 0.3) is 0 Å². The zero-order valence-electron chi connectivity index (χ0n) is 16.3. The predicted molar refractivity (Wildman–Crippen MR) is 104 cm³/mol. The topological polar surface area (TPSA) is 99.8 Å². The van der Waals surface area contributed by atoms with Gasteiger partial charge in [-0.15, -0.1) is 0 Å². The first-order chi connectivity index (χ1) is 14.1. The summed E-state index contributed by atoms with van der Waals surface area (Å²) >= 11 is 0. The molecule has 8 heteroatoms. The van der Waals surface area contributed by atoms with Crippen LogP contribution in [-0.4, -0.2) is 60.0 Å². The van der Waals surface area contributed by atoms with E-state index < -0.39 is 6.04 Å². The lowest BCUT2D eigenvalue weighted by Gasteiger charge is -2.40. The van der Waals surface area contributed by atoms with Crippen molar-refractivity contribution in [2.24, 2.45) is 0 Å². The van der Waals surface area contributed by atoms with Gasteiger partial charge in [0.1, 0.15) is 6.04 Å². The van der Waals surface area contributed by atoms with E-state index in [1.54, 1.807) is 4.90 Å². The molecule has 4 heterocycles. The van der Waals surface area contributed by atoms with Crippen molar-refractivity contribution in [2.75, 3.05) is 13.2 Å². The maximum Gasteiger partial charge on any atom is 0.255 e. The minimum atomic E-state index is -0.572. The molecule has 2 unspecified atom stereocenters. The van der Waals surface area contributed by atoms with E-state index in [0.717, 1.165) is 37.2 Å². The Balaban J connectivity index is 1.28. The monoisotopic (exact) mass is 398 g/mol. The first-order valence-corrected chi connectivity index (χ1v) is 10.4. The molecule has 4 aliphatic rings. The summed E-state index contributed by atoms with van der Waals surface area (Å²) in [7, 11) is 0. The minimum Gasteiger partial charge on any atom is -0.378 e. The van der Waals surface area contributed by atoms with Gasteiger partial charge in [-0.25, -0.2) is 0 Å². The molecule has 8 nitrogen and oxygen atoms in total. The third-order valence-corrected chi connectivity index (χ3v) is 6.51. The molecule has 3 amide bonds. The number of rotatable bonds is 4. The Morgan fingerprint density at radius 1 is 1.14 bits per heavy atom. The second-order valence-corrected chi connectivity index (χ2v) is 8.49. The fourth-order valence-corrected chi connectivity index (χ4v) is 5.07. The molecule has 1 aromatic carbocycles. The molecule has 0 aromatic heterocycles. The van der Waals surface area contributed by atoms with Crippen molar-refractivity contribution in [1.29, 1.82) is 0 Å². The molecule has 0 saturated carbocycles. The fourth-order valence-electron chi connectivity index (χ4n) is 5.07.